The largest absolute Gasteiger partial charge is 0.376 e. The number of nitrogens with zero attached hydrogens (tertiary/aromatic N) is 5. The summed E-state index contributed by atoms with van der Waals surface area (Å²) in [5.74, 6) is 0.662. The fourth-order valence-electron chi connectivity index (χ4n) is 5.37. The van der Waals surface area contributed by atoms with Crippen LogP contribution in [0.4, 0.5) is 5.82 Å². The zero-order valence-corrected chi connectivity index (χ0v) is 23.7. The predicted molar refractivity (Wildman–Crippen MR) is 161 cm³/mol. The average Bonchev–Trinajstić information content (AvgIpc) is 3.76. The highest BCUT2D eigenvalue weighted by Gasteiger charge is 2.29. The Morgan fingerprint density at radius 2 is 1.61 bits per heavy atom. The van der Waals surface area contributed by atoms with Gasteiger partial charge in [0.25, 0.3) is 5.91 Å². The summed E-state index contributed by atoms with van der Waals surface area (Å²) < 4.78 is 5.77. The van der Waals surface area contributed by atoms with Crippen LogP contribution in [0.15, 0.2) is 84.2 Å². The van der Waals surface area contributed by atoms with Crippen LogP contribution in [-0.4, -0.2) is 83.8 Å². The smallest absolute Gasteiger partial charge is 0.264 e. The number of ether oxygens (including phenoxy) is 1. The first-order chi connectivity index (χ1) is 20.1. The van der Waals surface area contributed by atoms with Gasteiger partial charge in [-0.2, -0.15) is 0 Å². The lowest BCUT2D eigenvalue weighted by atomic mass is 10.0. The molecule has 6 rings (SSSR count). The maximum Gasteiger partial charge on any atom is 0.264 e. The van der Waals surface area contributed by atoms with Gasteiger partial charge in [-0.05, 0) is 47.5 Å². The Labute approximate surface area is 244 Å². The number of amides is 2. The van der Waals surface area contributed by atoms with E-state index < -0.39 is 0 Å². The minimum Gasteiger partial charge on any atom is -0.376 e. The van der Waals surface area contributed by atoms with Crippen molar-refractivity contribution >= 4 is 29.0 Å². The summed E-state index contributed by atoms with van der Waals surface area (Å²) in [6.45, 7) is 3.69. The van der Waals surface area contributed by atoms with Crippen LogP contribution in [0.5, 0.6) is 0 Å². The van der Waals surface area contributed by atoms with Crippen molar-refractivity contribution in [3.63, 3.8) is 0 Å². The molecule has 4 aromatic rings. The van der Waals surface area contributed by atoms with E-state index in [2.05, 4.69) is 51.5 Å². The van der Waals surface area contributed by atoms with E-state index in [0.717, 1.165) is 35.5 Å². The summed E-state index contributed by atoms with van der Waals surface area (Å²) in [6.07, 6.45) is 1.90. The molecule has 9 heteroatoms. The van der Waals surface area contributed by atoms with Crippen LogP contribution in [0.25, 0.3) is 22.4 Å². The number of aromatic nitrogens is 2. The fraction of sp³-hybridized carbons (Fsp3) is 0.312. The third-order valence-corrected chi connectivity index (χ3v) is 8.55. The van der Waals surface area contributed by atoms with Crippen LogP contribution in [0.2, 0.25) is 0 Å². The lowest BCUT2D eigenvalue weighted by Crippen LogP contribution is -2.52. The molecule has 41 heavy (non-hydrogen) atoms. The van der Waals surface area contributed by atoms with Crippen molar-refractivity contribution in [1.29, 1.82) is 0 Å². The van der Waals surface area contributed by atoms with Gasteiger partial charge in [0.15, 0.2) is 5.82 Å². The summed E-state index contributed by atoms with van der Waals surface area (Å²) >= 11 is 1.40. The highest BCUT2D eigenvalue weighted by molar-refractivity contribution is 7.12. The zero-order chi connectivity index (χ0) is 28.0. The monoisotopic (exact) mass is 567 g/mol. The van der Waals surface area contributed by atoms with Crippen LogP contribution in [0.1, 0.15) is 22.5 Å². The number of thiophene rings is 1. The predicted octanol–water partition coefficient (Wildman–Crippen LogP) is 4.84. The van der Waals surface area contributed by atoms with E-state index in [9.17, 15) is 9.59 Å². The van der Waals surface area contributed by atoms with Gasteiger partial charge >= 0.3 is 0 Å². The third kappa shape index (κ3) is 6.47. The molecule has 0 aliphatic carbocycles. The number of piperazine rings is 1. The Morgan fingerprint density at radius 3 is 2.27 bits per heavy atom. The molecular formula is C32H33N5O3S. The molecule has 0 N–H and O–H groups in total. The van der Waals surface area contributed by atoms with E-state index in [1.165, 1.54) is 16.9 Å². The lowest BCUT2D eigenvalue weighted by molar-refractivity contribution is -0.132. The van der Waals surface area contributed by atoms with E-state index in [4.69, 9.17) is 4.74 Å². The molecule has 2 aliphatic rings. The summed E-state index contributed by atoms with van der Waals surface area (Å²) in [7, 11) is 0. The molecular weight excluding hydrogens is 534 g/mol. The quantitative estimate of drug-likeness (QED) is 0.303. The van der Waals surface area contributed by atoms with Gasteiger partial charge in [-0.3, -0.25) is 9.59 Å². The first-order valence-electron chi connectivity index (χ1n) is 14.1. The van der Waals surface area contributed by atoms with Crippen molar-refractivity contribution in [3.8, 4) is 22.4 Å². The van der Waals surface area contributed by atoms with Gasteiger partial charge in [0.2, 0.25) is 5.91 Å². The van der Waals surface area contributed by atoms with Crippen molar-refractivity contribution in [2.45, 2.75) is 18.9 Å². The molecule has 210 valence electrons. The van der Waals surface area contributed by atoms with E-state index in [1.807, 2.05) is 52.7 Å². The summed E-state index contributed by atoms with van der Waals surface area (Å²) in [6, 6.07) is 26.3. The highest BCUT2D eigenvalue weighted by Crippen LogP contribution is 2.25. The van der Waals surface area contributed by atoms with Gasteiger partial charge in [0.05, 0.1) is 16.7 Å². The van der Waals surface area contributed by atoms with E-state index in [0.29, 0.717) is 44.2 Å². The number of carbonyl (C=O) groups is 2. The Balaban J connectivity index is 1.04. The Kier molecular flexibility index (Phi) is 8.34. The second-order valence-corrected chi connectivity index (χ2v) is 11.3. The van der Waals surface area contributed by atoms with Crippen LogP contribution in [-0.2, 0) is 9.53 Å². The minimum absolute atomic E-state index is 0.00750. The maximum atomic E-state index is 13.3. The van der Waals surface area contributed by atoms with Gasteiger partial charge in [0.1, 0.15) is 6.54 Å². The van der Waals surface area contributed by atoms with Crippen molar-refractivity contribution in [1.82, 2.24) is 20.0 Å². The summed E-state index contributed by atoms with van der Waals surface area (Å²) in [5, 5.41) is 10.9. The first-order valence-corrected chi connectivity index (χ1v) is 15.0. The second kappa shape index (κ2) is 12.6. The normalized spacial score (nSPS) is 17.0. The number of anilines is 1. The van der Waals surface area contributed by atoms with E-state index in [1.54, 1.807) is 4.90 Å². The molecule has 2 saturated heterocycles. The molecule has 1 unspecified atom stereocenters. The molecule has 2 aliphatic heterocycles. The van der Waals surface area contributed by atoms with Crippen molar-refractivity contribution in [2.24, 2.45) is 0 Å². The minimum atomic E-state index is -0.104. The van der Waals surface area contributed by atoms with Crippen molar-refractivity contribution in [2.75, 3.05) is 50.8 Å². The van der Waals surface area contributed by atoms with Crippen LogP contribution in [0, 0.1) is 0 Å². The van der Waals surface area contributed by atoms with Crippen molar-refractivity contribution in [3.05, 3.63) is 89.1 Å². The molecule has 0 spiro atoms. The van der Waals surface area contributed by atoms with Crippen LogP contribution >= 0.6 is 11.3 Å². The second-order valence-electron chi connectivity index (χ2n) is 10.4. The number of hydrogen-bond acceptors (Lipinski definition) is 7. The third-order valence-electron chi connectivity index (χ3n) is 7.69. The molecule has 0 radical (unpaired) electrons. The van der Waals surface area contributed by atoms with Crippen LogP contribution in [0.3, 0.4) is 0 Å². The summed E-state index contributed by atoms with van der Waals surface area (Å²) in [5.41, 5.74) is 4.19. The SMILES string of the molecule is O=C(CN(CC1CCCO1)C(=O)c1cccs1)N1CCN(c2ccc(-c3ccc(-c4ccccc4)cc3)nn2)CC1. The number of rotatable bonds is 8. The molecule has 4 heterocycles. The Bertz CT molecular complexity index is 1430. The van der Waals surface area contributed by atoms with Crippen LogP contribution < -0.4 is 4.90 Å². The molecule has 1 atom stereocenters. The molecule has 8 nitrogen and oxygen atoms in total. The number of carbonyl (C=O) groups excluding carboxylic acids is 2. The highest BCUT2D eigenvalue weighted by atomic mass is 32.1. The van der Waals surface area contributed by atoms with Gasteiger partial charge in [-0.1, -0.05) is 60.7 Å². The molecule has 2 fully saturated rings. The van der Waals surface area contributed by atoms with E-state index >= 15 is 0 Å². The van der Waals surface area contributed by atoms with Gasteiger partial charge in [-0.15, -0.1) is 21.5 Å². The first kappa shape index (κ1) is 27.1. The van der Waals surface area contributed by atoms with Crippen molar-refractivity contribution < 1.29 is 14.3 Å². The fourth-order valence-corrected chi connectivity index (χ4v) is 6.06. The zero-order valence-electron chi connectivity index (χ0n) is 22.9. The molecule has 2 aromatic heterocycles. The van der Waals surface area contributed by atoms with Gasteiger partial charge in [-0.25, -0.2) is 0 Å². The summed E-state index contributed by atoms with van der Waals surface area (Å²) in [4.78, 5) is 32.7. The Morgan fingerprint density at radius 1 is 0.854 bits per heavy atom. The lowest BCUT2D eigenvalue weighted by Gasteiger charge is -2.36. The topological polar surface area (TPSA) is 78.9 Å². The standard InChI is InChI=1S/C32H33N5O3S/c38-31(23-37(22-27-8-4-20-40-27)32(39)29-9-5-21-41-29)36-18-16-35(17-19-36)30-15-14-28(33-34-30)26-12-10-25(11-13-26)24-6-2-1-3-7-24/h1-3,5-7,9-15,21,27H,4,8,16-20,22-23H2. The number of benzene rings is 2. The number of hydrogen-bond donors (Lipinski definition) is 0. The van der Waals surface area contributed by atoms with E-state index in [-0.39, 0.29) is 24.5 Å². The maximum absolute atomic E-state index is 13.3. The molecule has 0 bridgehead atoms. The molecule has 0 saturated carbocycles. The molecule has 2 aromatic carbocycles. The van der Waals surface area contributed by atoms with Gasteiger partial charge in [0, 0.05) is 44.9 Å². The molecule has 2 amide bonds. The van der Waals surface area contributed by atoms with Gasteiger partial charge < -0.3 is 19.4 Å². The Hall–Kier alpha value is -4.08. The average molecular weight is 568 g/mol.